The molecule has 27 heavy (non-hydrogen) atoms. The van der Waals surface area contributed by atoms with E-state index in [1.807, 2.05) is 0 Å². The summed E-state index contributed by atoms with van der Waals surface area (Å²) < 4.78 is 39.2. The zero-order valence-corrected chi connectivity index (χ0v) is 14.9. The first-order valence-electron chi connectivity index (χ1n) is 8.02. The van der Waals surface area contributed by atoms with E-state index in [0.717, 1.165) is 6.07 Å². The summed E-state index contributed by atoms with van der Waals surface area (Å²) in [7, 11) is 0. The van der Waals surface area contributed by atoms with Gasteiger partial charge < -0.3 is 5.11 Å². The normalized spacial score (nSPS) is 13.9. The summed E-state index contributed by atoms with van der Waals surface area (Å²) in [6, 6.07) is 7.68. The number of carbonyl (C=O) groups excluding carboxylic acids is 1. The maximum Gasteiger partial charge on any atom is 0.421 e. The lowest BCUT2D eigenvalue weighted by Crippen LogP contribution is -2.39. The molecule has 8 heteroatoms. The Morgan fingerprint density at radius 2 is 1.70 bits per heavy atom. The van der Waals surface area contributed by atoms with E-state index in [-0.39, 0.29) is 29.0 Å². The van der Waals surface area contributed by atoms with Gasteiger partial charge in [0.1, 0.15) is 0 Å². The summed E-state index contributed by atoms with van der Waals surface area (Å²) in [5.74, 6) is -0.389. The van der Waals surface area contributed by atoms with Crippen LogP contribution >= 0.6 is 0 Å². The molecule has 0 spiro atoms. The predicted molar refractivity (Wildman–Crippen MR) is 92.7 cm³/mol. The van der Waals surface area contributed by atoms with Crippen LogP contribution in [0.15, 0.2) is 36.4 Å². The van der Waals surface area contributed by atoms with Gasteiger partial charge in [0.05, 0.1) is 4.92 Å². The number of carbonyl (C=O) groups is 1. The molecular weight excluding hydrogens is 363 g/mol. The standard InChI is InChI=1S/C19H18F3NO4/c1-11-7-14(18(3,25)19(20,21)22)8-12(2)16(11)10-17(24)13-5-4-6-15(9-13)23(26)27/h4-9,25H,10H2,1-3H3. The Balaban J connectivity index is 2.37. The number of halogens is 3. The summed E-state index contributed by atoms with van der Waals surface area (Å²) in [4.78, 5) is 22.7. The highest BCUT2D eigenvalue weighted by molar-refractivity contribution is 5.98. The van der Waals surface area contributed by atoms with Crippen LogP contribution in [0, 0.1) is 24.0 Å². The molecule has 0 bridgehead atoms. The fourth-order valence-corrected chi connectivity index (χ4v) is 2.77. The number of hydrogen-bond acceptors (Lipinski definition) is 4. The van der Waals surface area contributed by atoms with Crippen LogP contribution in [-0.4, -0.2) is 22.0 Å². The Labute approximate surface area is 153 Å². The van der Waals surface area contributed by atoms with Crippen LogP contribution < -0.4 is 0 Å². The van der Waals surface area contributed by atoms with Gasteiger partial charge in [-0.25, -0.2) is 0 Å². The molecular formula is C19H18F3NO4. The molecule has 0 aliphatic heterocycles. The number of ketones is 1. The van der Waals surface area contributed by atoms with Crippen molar-refractivity contribution in [2.75, 3.05) is 0 Å². The van der Waals surface area contributed by atoms with Gasteiger partial charge in [-0.1, -0.05) is 24.3 Å². The number of non-ortho nitro benzene ring substituents is 1. The molecule has 1 N–H and O–H groups in total. The van der Waals surface area contributed by atoms with E-state index in [2.05, 4.69) is 0 Å². The summed E-state index contributed by atoms with van der Waals surface area (Å²) >= 11 is 0. The zero-order chi connectivity index (χ0) is 20.6. The lowest BCUT2D eigenvalue weighted by molar-refractivity contribution is -0.384. The van der Waals surface area contributed by atoms with Crippen LogP contribution in [0.1, 0.15) is 39.5 Å². The fraction of sp³-hybridized carbons (Fsp3) is 0.316. The average Bonchev–Trinajstić information content (AvgIpc) is 2.56. The third kappa shape index (κ3) is 4.16. The smallest absolute Gasteiger partial charge is 0.376 e. The Hall–Kier alpha value is -2.74. The second kappa shape index (κ2) is 7.11. The summed E-state index contributed by atoms with van der Waals surface area (Å²) in [5.41, 5.74) is -2.02. The van der Waals surface area contributed by atoms with E-state index in [0.29, 0.717) is 23.6 Å². The first-order chi connectivity index (χ1) is 12.3. The zero-order valence-electron chi connectivity index (χ0n) is 14.9. The van der Waals surface area contributed by atoms with E-state index in [1.165, 1.54) is 30.3 Å². The Morgan fingerprint density at radius 1 is 1.15 bits per heavy atom. The van der Waals surface area contributed by atoms with E-state index in [9.17, 15) is 33.2 Å². The van der Waals surface area contributed by atoms with Gasteiger partial charge in [-0.2, -0.15) is 13.2 Å². The lowest BCUT2D eigenvalue weighted by atomic mass is 9.87. The molecule has 0 aliphatic carbocycles. The number of hydrogen-bond donors (Lipinski definition) is 1. The van der Waals surface area contributed by atoms with Crippen LogP contribution in [-0.2, 0) is 12.0 Å². The van der Waals surface area contributed by atoms with Crippen molar-refractivity contribution >= 4 is 11.5 Å². The molecule has 0 saturated carbocycles. The van der Waals surface area contributed by atoms with Crippen molar-refractivity contribution in [1.82, 2.24) is 0 Å². The van der Waals surface area contributed by atoms with Crippen molar-refractivity contribution in [3.05, 3.63) is 74.3 Å². The minimum Gasteiger partial charge on any atom is -0.376 e. The Kier molecular flexibility index (Phi) is 5.42. The quantitative estimate of drug-likeness (QED) is 0.473. The van der Waals surface area contributed by atoms with Gasteiger partial charge in [-0.05, 0) is 43.0 Å². The molecule has 0 saturated heterocycles. The summed E-state index contributed by atoms with van der Waals surface area (Å²) in [5, 5.41) is 20.7. The average molecular weight is 381 g/mol. The second-order valence-corrected chi connectivity index (χ2v) is 6.57. The molecule has 5 nitrogen and oxygen atoms in total. The number of nitro groups is 1. The van der Waals surface area contributed by atoms with Crippen molar-refractivity contribution in [3.63, 3.8) is 0 Å². The first-order valence-corrected chi connectivity index (χ1v) is 8.02. The molecule has 1 atom stereocenters. The first kappa shape index (κ1) is 20.6. The number of benzene rings is 2. The van der Waals surface area contributed by atoms with E-state index < -0.39 is 16.7 Å². The van der Waals surface area contributed by atoms with Gasteiger partial charge in [-0.15, -0.1) is 0 Å². The third-order valence-corrected chi connectivity index (χ3v) is 4.53. The molecule has 0 amide bonds. The lowest BCUT2D eigenvalue weighted by Gasteiger charge is -2.28. The van der Waals surface area contributed by atoms with E-state index in [1.54, 1.807) is 13.8 Å². The second-order valence-electron chi connectivity index (χ2n) is 6.57. The largest absolute Gasteiger partial charge is 0.421 e. The highest BCUT2D eigenvalue weighted by Gasteiger charge is 2.51. The SMILES string of the molecule is Cc1cc(C(C)(O)C(F)(F)F)cc(C)c1CC(=O)c1cccc([N+](=O)[O-])c1. The van der Waals surface area contributed by atoms with Crippen LogP contribution in [0.2, 0.25) is 0 Å². The van der Waals surface area contributed by atoms with Crippen LogP contribution in [0.4, 0.5) is 18.9 Å². The monoisotopic (exact) mass is 381 g/mol. The van der Waals surface area contributed by atoms with Crippen LogP contribution in [0.3, 0.4) is 0 Å². The highest BCUT2D eigenvalue weighted by Crippen LogP contribution is 2.39. The molecule has 2 rings (SSSR count). The number of aliphatic hydroxyl groups is 1. The van der Waals surface area contributed by atoms with Crippen LogP contribution in [0.25, 0.3) is 0 Å². The molecule has 0 aliphatic rings. The molecule has 0 fully saturated rings. The highest BCUT2D eigenvalue weighted by atomic mass is 19.4. The molecule has 2 aromatic rings. The van der Waals surface area contributed by atoms with Crippen molar-refractivity contribution in [2.24, 2.45) is 0 Å². The number of Topliss-reactive ketones (excluding diaryl/α,β-unsaturated/α-hetero) is 1. The molecule has 0 aromatic heterocycles. The van der Waals surface area contributed by atoms with Gasteiger partial charge in [0.2, 0.25) is 0 Å². The van der Waals surface area contributed by atoms with Crippen molar-refractivity contribution in [2.45, 2.75) is 39.0 Å². The number of nitrogens with zero attached hydrogens (tertiary/aromatic N) is 1. The Bertz CT molecular complexity index is 881. The van der Waals surface area contributed by atoms with E-state index in [4.69, 9.17) is 0 Å². The van der Waals surface area contributed by atoms with Crippen LogP contribution in [0.5, 0.6) is 0 Å². The molecule has 1 unspecified atom stereocenters. The van der Waals surface area contributed by atoms with Crippen molar-refractivity contribution in [3.8, 4) is 0 Å². The molecule has 144 valence electrons. The molecule has 0 radical (unpaired) electrons. The number of rotatable bonds is 5. The topological polar surface area (TPSA) is 80.4 Å². The van der Waals surface area contributed by atoms with Gasteiger partial charge in [0.25, 0.3) is 5.69 Å². The van der Waals surface area contributed by atoms with Gasteiger partial charge >= 0.3 is 6.18 Å². The van der Waals surface area contributed by atoms with Gasteiger partial charge in [-0.3, -0.25) is 14.9 Å². The Morgan fingerprint density at radius 3 is 2.19 bits per heavy atom. The number of alkyl halides is 3. The maximum atomic E-state index is 13.1. The molecule has 0 heterocycles. The predicted octanol–water partition coefficient (Wildman–Crippen LogP) is 4.41. The fourth-order valence-electron chi connectivity index (χ4n) is 2.77. The molecule has 2 aromatic carbocycles. The number of nitro benzene ring substituents is 1. The van der Waals surface area contributed by atoms with E-state index >= 15 is 0 Å². The van der Waals surface area contributed by atoms with Gasteiger partial charge in [0, 0.05) is 24.1 Å². The van der Waals surface area contributed by atoms with Gasteiger partial charge in [0.15, 0.2) is 11.4 Å². The number of aryl methyl sites for hydroxylation is 2. The summed E-state index contributed by atoms with van der Waals surface area (Å²) in [6.07, 6.45) is -4.96. The summed E-state index contributed by atoms with van der Waals surface area (Å²) in [6.45, 7) is 3.78. The maximum absolute atomic E-state index is 13.1. The van der Waals surface area contributed by atoms with Crippen molar-refractivity contribution < 1.29 is 28.0 Å². The van der Waals surface area contributed by atoms with Crippen molar-refractivity contribution in [1.29, 1.82) is 0 Å². The minimum atomic E-state index is -4.84. The third-order valence-electron chi connectivity index (χ3n) is 4.53. The minimum absolute atomic E-state index is 0.118.